The van der Waals surface area contributed by atoms with Gasteiger partial charge in [-0.15, -0.1) is 0 Å². The molecule has 0 aromatic rings. The average Bonchev–Trinajstić information content (AvgIpc) is 2.18. The van der Waals surface area contributed by atoms with Gasteiger partial charge in [-0.05, 0) is 25.8 Å². The molecule has 90 valence electrons. The Labute approximate surface area is 94.2 Å². The fourth-order valence-electron chi connectivity index (χ4n) is 2.29. The summed E-state index contributed by atoms with van der Waals surface area (Å²) in [5.41, 5.74) is 0.395. The summed E-state index contributed by atoms with van der Waals surface area (Å²) < 4.78 is 5.56. The van der Waals surface area contributed by atoms with Crippen LogP contribution in [0.2, 0.25) is 0 Å². The van der Waals surface area contributed by atoms with Crippen molar-refractivity contribution in [3.05, 3.63) is 0 Å². The second-order valence-electron chi connectivity index (χ2n) is 5.11. The molecule has 3 nitrogen and oxygen atoms in total. The fourth-order valence-corrected chi connectivity index (χ4v) is 2.29. The first kappa shape index (κ1) is 12.9. The first-order valence-electron chi connectivity index (χ1n) is 6.08. The Bertz CT molecular complexity index is 186. The van der Waals surface area contributed by atoms with E-state index in [1.807, 2.05) is 7.05 Å². The van der Waals surface area contributed by atoms with E-state index < -0.39 is 0 Å². The molecule has 0 amide bonds. The van der Waals surface area contributed by atoms with Gasteiger partial charge in [0.05, 0.1) is 12.7 Å². The number of ether oxygens (including phenoxy) is 1. The summed E-state index contributed by atoms with van der Waals surface area (Å²) in [4.78, 5) is 2.54. The van der Waals surface area contributed by atoms with Gasteiger partial charge in [-0.1, -0.05) is 13.8 Å². The van der Waals surface area contributed by atoms with Gasteiger partial charge in [0.15, 0.2) is 0 Å². The minimum atomic E-state index is 0.395. The highest BCUT2D eigenvalue weighted by atomic mass is 16.5. The second-order valence-corrected chi connectivity index (χ2v) is 5.11. The predicted molar refractivity (Wildman–Crippen MR) is 64.2 cm³/mol. The van der Waals surface area contributed by atoms with Gasteiger partial charge in [0.25, 0.3) is 0 Å². The molecule has 0 bridgehead atoms. The van der Waals surface area contributed by atoms with E-state index in [1.165, 1.54) is 13.0 Å². The lowest BCUT2D eigenvalue weighted by molar-refractivity contribution is -0.0309. The first-order valence-corrected chi connectivity index (χ1v) is 6.08. The zero-order valence-electron chi connectivity index (χ0n) is 10.7. The molecule has 0 aromatic carbocycles. The molecule has 2 atom stereocenters. The van der Waals surface area contributed by atoms with Gasteiger partial charge in [-0.2, -0.15) is 0 Å². The lowest BCUT2D eigenvalue weighted by atomic mass is 9.86. The molecule has 3 heteroatoms. The molecule has 1 rings (SSSR count). The smallest absolute Gasteiger partial charge is 0.0674 e. The van der Waals surface area contributed by atoms with Crippen LogP contribution < -0.4 is 5.32 Å². The normalized spacial score (nSPS) is 27.6. The molecule has 0 saturated carbocycles. The van der Waals surface area contributed by atoms with Crippen molar-refractivity contribution in [2.75, 3.05) is 39.8 Å². The van der Waals surface area contributed by atoms with Crippen LogP contribution in [-0.2, 0) is 4.74 Å². The maximum Gasteiger partial charge on any atom is 0.0674 e. The van der Waals surface area contributed by atoms with Crippen molar-refractivity contribution in [3.8, 4) is 0 Å². The van der Waals surface area contributed by atoms with Crippen LogP contribution in [0.5, 0.6) is 0 Å². The number of hydrogen-bond acceptors (Lipinski definition) is 3. The molecular weight excluding hydrogens is 188 g/mol. The Hall–Kier alpha value is -0.120. The largest absolute Gasteiger partial charge is 0.376 e. The van der Waals surface area contributed by atoms with Gasteiger partial charge >= 0.3 is 0 Å². The minimum Gasteiger partial charge on any atom is -0.376 e. The molecule has 1 aliphatic heterocycles. The van der Waals surface area contributed by atoms with E-state index in [4.69, 9.17) is 4.74 Å². The monoisotopic (exact) mass is 214 g/mol. The van der Waals surface area contributed by atoms with Crippen LogP contribution in [0.4, 0.5) is 0 Å². The van der Waals surface area contributed by atoms with E-state index in [-0.39, 0.29) is 0 Å². The van der Waals surface area contributed by atoms with Crippen LogP contribution in [0.25, 0.3) is 0 Å². The van der Waals surface area contributed by atoms with E-state index in [0.717, 1.165) is 26.2 Å². The van der Waals surface area contributed by atoms with Crippen molar-refractivity contribution in [2.45, 2.75) is 33.3 Å². The van der Waals surface area contributed by atoms with E-state index in [2.05, 4.69) is 31.0 Å². The van der Waals surface area contributed by atoms with Gasteiger partial charge < -0.3 is 10.1 Å². The summed E-state index contributed by atoms with van der Waals surface area (Å²) in [6.07, 6.45) is 1.62. The van der Waals surface area contributed by atoms with Gasteiger partial charge in [0.2, 0.25) is 0 Å². The molecule has 15 heavy (non-hydrogen) atoms. The highest BCUT2D eigenvalue weighted by Crippen LogP contribution is 2.22. The summed E-state index contributed by atoms with van der Waals surface area (Å²) in [6.45, 7) is 12.1. The molecule has 1 fully saturated rings. The van der Waals surface area contributed by atoms with Crippen molar-refractivity contribution < 1.29 is 4.74 Å². The zero-order valence-corrected chi connectivity index (χ0v) is 10.7. The highest BCUT2D eigenvalue weighted by Gasteiger charge is 2.27. The molecule has 1 heterocycles. The topological polar surface area (TPSA) is 24.5 Å². The Kier molecular flexibility index (Phi) is 5.03. The zero-order chi connectivity index (χ0) is 11.3. The molecule has 0 aliphatic carbocycles. The van der Waals surface area contributed by atoms with Gasteiger partial charge in [-0.25, -0.2) is 0 Å². The molecule has 1 N–H and O–H groups in total. The number of rotatable bonds is 5. The summed E-state index contributed by atoms with van der Waals surface area (Å²) in [7, 11) is 2.04. The third kappa shape index (κ3) is 4.09. The van der Waals surface area contributed by atoms with Crippen LogP contribution in [0.3, 0.4) is 0 Å². The summed E-state index contributed by atoms with van der Waals surface area (Å²) in [5.74, 6) is 0. The summed E-state index contributed by atoms with van der Waals surface area (Å²) >= 11 is 0. The quantitative estimate of drug-likeness (QED) is 0.747. The maximum atomic E-state index is 5.56. The first-order chi connectivity index (χ1) is 7.09. The number of nitrogens with zero attached hydrogens (tertiary/aromatic N) is 1. The van der Waals surface area contributed by atoms with Crippen LogP contribution in [0, 0.1) is 5.41 Å². The van der Waals surface area contributed by atoms with Crippen molar-refractivity contribution in [1.82, 2.24) is 10.2 Å². The van der Waals surface area contributed by atoms with E-state index in [9.17, 15) is 0 Å². The standard InChI is InChI=1S/C12H26N2O/c1-5-12(3,9-13-4)10-14-6-7-15-11(2)8-14/h11,13H,5-10H2,1-4H3. The molecule has 2 unspecified atom stereocenters. The van der Waals surface area contributed by atoms with Crippen LogP contribution in [0.1, 0.15) is 27.2 Å². The van der Waals surface area contributed by atoms with Crippen LogP contribution >= 0.6 is 0 Å². The Morgan fingerprint density at radius 1 is 1.53 bits per heavy atom. The van der Waals surface area contributed by atoms with E-state index in [0.29, 0.717) is 11.5 Å². The number of morpholine rings is 1. The molecule has 0 aromatic heterocycles. The summed E-state index contributed by atoms with van der Waals surface area (Å²) in [6, 6.07) is 0. The Balaban J connectivity index is 2.43. The second kappa shape index (κ2) is 5.83. The van der Waals surface area contributed by atoms with Gasteiger partial charge in [0, 0.05) is 26.2 Å². The van der Waals surface area contributed by atoms with Crippen LogP contribution in [0.15, 0.2) is 0 Å². The predicted octanol–water partition coefficient (Wildman–Crippen LogP) is 1.34. The summed E-state index contributed by atoms with van der Waals surface area (Å²) in [5, 5.41) is 3.30. The molecular formula is C12H26N2O. The van der Waals surface area contributed by atoms with Gasteiger partial charge in [0.1, 0.15) is 0 Å². The van der Waals surface area contributed by atoms with Crippen LogP contribution in [-0.4, -0.2) is 50.8 Å². The SMILES string of the molecule is CCC(C)(CNC)CN1CCOC(C)C1. The highest BCUT2D eigenvalue weighted by molar-refractivity contribution is 4.81. The third-order valence-corrected chi connectivity index (χ3v) is 3.39. The van der Waals surface area contributed by atoms with E-state index in [1.54, 1.807) is 0 Å². The molecule has 0 radical (unpaired) electrons. The van der Waals surface area contributed by atoms with Crippen molar-refractivity contribution in [1.29, 1.82) is 0 Å². The maximum absolute atomic E-state index is 5.56. The fraction of sp³-hybridized carbons (Fsp3) is 1.00. The third-order valence-electron chi connectivity index (χ3n) is 3.39. The number of hydrogen-bond donors (Lipinski definition) is 1. The van der Waals surface area contributed by atoms with Gasteiger partial charge in [-0.3, -0.25) is 4.90 Å². The Morgan fingerprint density at radius 2 is 2.27 bits per heavy atom. The average molecular weight is 214 g/mol. The lowest BCUT2D eigenvalue weighted by Crippen LogP contribution is -2.48. The van der Waals surface area contributed by atoms with Crippen molar-refractivity contribution in [2.24, 2.45) is 5.41 Å². The minimum absolute atomic E-state index is 0.395. The lowest BCUT2D eigenvalue weighted by Gasteiger charge is -2.38. The van der Waals surface area contributed by atoms with E-state index >= 15 is 0 Å². The van der Waals surface area contributed by atoms with Crippen molar-refractivity contribution in [3.63, 3.8) is 0 Å². The number of nitrogens with one attached hydrogen (secondary N) is 1. The molecule has 1 saturated heterocycles. The molecule has 1 aliphatic rings. The van der Waals surface area contributed by atoms with Crippen molar-refractivity contribution >= 4 is 0 Å². The molecule has 0 spiro atoms. The Morgan fingerprint density at radius 3 is 2.80 bits per heavy atom.